The van der Waals surface area contributed by atoms with Crippen LogP contribution < -0.4 is 10.2 Å². The van der Waals surface area contributed by atoms with Crippen molar-refractivity contribution in [3.63, 3.8) is 0 Å². The highest BCUT2D eigenvalue weighted by molar-refractivity contribution is 5.85. The average Bonchev–Trinajstić information content (AvgIpc) is 2.97. The van der Waals surface area contributed by atoms with E-state index in [4.69, 9.17) is 0 Å². The molecule has 2 fully saturated rings. The van der Waals surface area contributed by atoms with Gasteiger partial charge in [-0.15, -0.1) is 0 Å². The lowest BCUT2D eigenvalue weighted by atomic mass is 9.79. The van der Waals surface area contributed by atoms with Gasteiger partial charge < -0.3 is 10.2 Å². The number of piperazine rings is 1. The Morgan fingerprint density at radius 1 is 1.08 bits per heavy atom. The molecule has 0 aromatic heterocycles. The molecule has 1 atom stereocenters. The number of carbonyl (C=O) groups is 1. The number of hydrogen-bond acceptors (Lipinski definition) is 3. The zero-order valence-corrected chi connectivity index (χ0v) is 15.1. The third-order valence-corrected chi connectivity index (χ3v) is 6.10. The first kappa shape index (κ1) is 17.3. The second kappa shape index (κ2) is 7.56. The fourth-order valence-electron chi connectivity index (χ4n) is 4.19. The quantitative estimate of drug-likeness (QED) is 0.872. The van der Waals surface area contributed by atoms with E-state index < -0.39 is 0 Å². The Kier molecular flexibility index (Phi) is 5.44. The largest absolute Gasteiger partial charge is 0.369 e. The van der Waals surface area contributed by atoms with Crippen molar-refractivity contribution in [2.75, 3.05) is 37.6 Å². The van der Waals surface area contributed by atoms with Crippen LogP contribution in [-0.4, -0.2) is 49.6 Å². The van der Waals surface area contributed by atoms with Gasteiger partial charge in [-0.05, 0) is 37.8 Å². The summed E-state index contributed by atoms with van der Waals surface area (Å²) in [7, 11) is 0. The Bertz CT molecular complexity index is 533. The minimum Gasteiger partial charge on any atom is -0.369 e. The number of carbonyl (C=O) groups excluding carboxylic acids is 1. The minimum absolute atomic E-state index is 0.101. The van der Waals surface area contributed by atoms with Crippen LogP contribution in [0, 0.1) is 5.41 Å². The van der Waals surface area contributed by atoms with Crippen LogP contribution in [0.3, 0.4) is 0 Å². The maximum atomic E-state index is 12.3. The molecular formula is C20H31N3O. The van der Waals surface area contributed by atoms with Gasteiger partial charge in [-0.2, -0.15) is 0 Å². The van der Waals surface area contributed by atoms with Crippen molar-refractivity contribution in [3.05, 3.63) is 30.3 Å². The fraction of sp³-hybridized carbons (Fsp3) is 0.650. The van der Waals surface area contributed by atoms with Gasteiger partial charge in [-0.1, -0.05) is 32.0 Å². The molecule has 132 valence electrons. The predicted molar refractivity (Wildman–Crippen MR) is 99.3 cm³/mol. The van der Waals surface area contributed by atoms with Crippen molar-refractivity contribution < 1.29 is 4.79 Å². The highest BCUT2D eigenvalue weighted by Gasteiger charge is 2.43. The van der Waals surface area contributed by atoms with Crippen LogP contribution in [-0.2, 0) is 4.79 Å². The summed E-state index contributed by atoms with van der Waals surface area (Å²) in [6.07, 6.45) is 4.02. The van der Waals surface area contributed by atoms with Crippen LogP contribution in [0.2, 0.25) is 0 Å². The van der Waals surface area contributed by atoms with E-state index in [1.165, 1.54) is 5.69 Å². The summed E-state index contributed by atoms with van der Waals surface area (Å²) in [5.41, 5.74) is 1.23. The molecule has 24 heavy (non-hydrogen) atoms. The smallest absolute Gasteiger partial charge is 0.226 e. The molecule has 0 spiro atoms. The van der Waals surface area contributed by atoms with Gasteiger partial charge in [0, 0.05) is 44.5 Å². The standard InChI is InChI=1S/C20H31N3O/c1-3-20(4-2)16-17(21-19(20)24)10-11-22-12-14-23(15-13-22)18-8-6-5-7-9-18/h5-9,17H,3-4,10-16H2,1-2H3,(H,21,24)/t17-/m0/s1. The summed E-state index contributed by atoms with van der Waals surface area (Å²) < 4.78 is 0. The molecule has 3 rings (SSSR count). The fourth-order valence-corrected chi connectivity index (χ4v) is 4.19. The third-order valence-electron chi connectivity index (χ3n) is 6.10. The Morgan fingerprint density at radius 2 is 1.75 bits per heavy atom. The van der Waals surface area contributed by atoms with E-state index in [0.717, 1.165) is 58.4 Å². The molecule has 0 radical (unpaired) electrons. The van der Waals surface area contributed by atoms with E-state index >= 15 is 0 Å². The molecule has 2 aliphatic rings. The average molecular weight is 329 g/mol. The summed E-state index contributed by atoms with van der Waals surface area (Å²) in [5.74, 6) is 0.284. The zero-order valence-electron chi connectivity index (χ0n) is 15.1. The van der Waals surface area contributed by atoms with Crippen molar-refractivity contribution in [3.8, 4) is 0 Å². The van der Waals surface area contributed by atoms with E-state index in [1.807, 2.05) is 0 Å². The number of anilines is 1. The van der Waals surface area contributed by atoms with Gasteiger partial charge in [0.15, 0.2) is 0 Å². The van der Waals surface area contributed by atoms with Crippen LogP contribution in [0.4, 0.5) is 5.69 Å². The van der Waals surface area contributed by atoms with Gasteiger partial charge in [-0.25, -0.2) is 0 Å². The van der Waals surface area contributed by atoms with Crippen LogP contribution >= 0.6 is 0 Å². The first-order chi connectivity index (χ1) is 11.7. The molecule has 0 aliphatic carbocycles. The Balaban J connectivity index is 1.44. The summed E-state index contributed by atoms with van der Waals surface area (Å²) in [6.45, 7) is 9.80. The van der Waals surface area contributed by atoms with Gasteiger partial charge in [0.05, 0.1) is 5.41 Å². The Labute approximate surface area is 146 Å². The lowest BCUT2D eigenvalue weighted by Crippen LogP contribution is -2.47. The van der Waals surface area contributed by atoms with E-state index in [2.05, 4.69) is 59.3 Å². The van der Waals surface area contributed by atoms with Gasteiger partial charge in [0.2, 0.25) is 5.91 Å². The van der Waals surface area contributed by atoms with Crippen LogP contribution in [0.15, 0.2) is 30.3 Å². The molecule has 0 bridgehead atoms. The number of para-hydroxylation sites is 1. The number of benzene rings is 1. The van der Waals surface area contributed by atoms with Crippen molar-refractivity contribution >= 4 is 11.6 Å². The number of nitrogens with one attached hydrogen (secondary N) is 1. The summed E-state index contributed by atoms with van der Waals surface area (Å²) in [6, 6.07) is 11.0. The van der Waals surface area contributed by atoms with Gasteiger partial charge >= 0.3 is 0 Å². The number of nitrogens with zero attached hydrogens (tertiary/aromatic N) is 2. The third kappa shape index (κ3) is 3.59. The molecule has 0 unspecified atom stereocenters. The number of hydrogen-bond donors (Lipinski definition) is 1. The molecular weight excluding hydrogens is 298 g/mol. The molecule has 2 heterocycles. The molecule has 1 amide bonds. The molecule has 1 aromatic rings. The normalized spacial score (nSPS) is 24.2. The second-order valence-electron chi connectivity index (χ2n) is 7.31. The Hall–Kier alpha value is -1.55. The monoisotopic (exact) mass is 329 g/mol. The molecule has 1 aromatic carbocycles. The number of rotatable bonds is 6. The maximum Gasteiger partial charge on any atom is 0.226 e. The SMILES string of the molecule is CCC1(CC)C[C@H](CCN2CCN(c3ccccc3)CC2)NC1=O. The second-order valence-corrected chi connectivity index (χ2v) is 7.31. The molecule has 4 nitrogen and oxygen atoms in total. The van der Waals surface area contributed by atoms with E-state index in [-0.39, 0.29) is 11.3 Å². The van der Waals surface area contributed by atoms with Crippen molar-refractivity contribution in [2.45, 2.75) is 45.6 Å². The highest BCUT2D eigenvalue weighted by Crippen LogP contribution is 2.37. The summed E-state index contributed by atoms with van der Waals surface area (Å²) in [5, 5.41) is 3.24. The van der Waals surface area contributed by atoms with Crippen molar-refractivity contribution in [2.24, 2.45) is 5.41 Å². The van der Waals surface area contributed by atoms with E-state index in [1.54, 1.807) is 0 Å². The highest BCUT2D eigenvalue weighted by atomic mass is 16.2. The first-order valence-corrected chi connectivity index (χ1v) is 9.50. The minimum atomic E-state index is -0.101. The predicted octanol–water partition coefficient (Wildman–Crippen LogP) is 2.89. The van der Waals surface area contributed by atoms with Crippen molar-refractivity contribution in [1.82, 2.24) is 10.2 Å². The van der Waals surface area contributed by atoms with Gasteiger partial charge in [0.25, 0.3) is 0 Å². The topological polar surface area (TPSA) is 35.6 Å². The molecule has 4 heteroatoms. The number of amides is 1. The van der Waals surface area contributed by atoms with E-state index in [0.29, 0.717) is 6.04 Å². The van der Waals surface area contributed by atoms with Gasteiger partial charge in [0.1, 0.15) is 0 Å². The summed E-state index contributed by atoms with van der Waals surface area (Å²) in [4.78, 5) is 17.3. The first-order valence-electron chi connectivity index (χ1n) is 9.50. The van der Waals surface area contributed by atoms with Crippen molar-refractivity contribution in [1.29, 1.82) is 0 Å². The van der Waals surface area contributed by atoms with Crippen LogP contribution in [0.1, 0.15) is 39.5 Å². The zero-order chi connectivity index (χ0) is 17.0. The lowest BCUT2D eigenvalue weighted by molar-refractivity contribution is -0.128. The summed E-state index contributed by atoms with van der Waals surface area (Å²) >= 11 is 0. The van der Waals surface area contributed by atoms with Gasteiger partial charge in [-0.3, -0.25) is 9.69 Å². The lowest BCUT2D eigenvalue weighted by Gasteiger charge is -2.36. The Morgan fingerprint density at radius 3 is 2.33 bits per heavy atom. The van der Waals surface area contributed by atoms with Crippen LogP contribution in [0.25, 0.3) is 0 Å². The van der Waals surface area contributed by atoms with Crippen LogP contribution in [0.5, 0.6) is 0 Å². The van der Waals surface area contributed by atoms with E-state index in [9.17, 15) is 4.79 Å². The molecule has 1 N–H and O–H groups in total. The maximum absolute atomic E-state index is 12.3. The molecule has 2 aliphatic heterocycles. The molecule has 2 saturated heterocycles. The molecule has 0 saturated carbocycles.